The molecule has 0 aliphatic rings. The van der Waals surface area contributed by atoms with Crippen molar-refractivity contribution in [3.8, 4) is 34.3 Å². The Balaban J connectivity index is 2.32. The highest BCUT2D eigenvalue weighted by Crippen LogP contribution is 2.45. The van der Waals surface area contributed by atoms with Crippen molar-refractivity contribution in [1.82, 2.24) is 0 Å². The maximum Gasteiger partial charge on any atom is 0.154 e. The highest BCUT2D eigenvalue weighted by Gasteiger charge is 2.24. The SMILES string of the molecule is COc1cc2oc(-c3ccc(O)cc3O)c(C=O)c2c(O)c1CC=C(C)C. The zero-order chi connectivity index (χ0) is 19.7. The second-order valence-electron chi connectivity index (χ2n) is 6.43. The summed E-state index contributed by atoms with van der Waals surface area (Å²) < 4.78 is 11.1. The highest BCUT2D eigenvalue weighted by atomic mass is 16.5. The lowest BCUT2D eigenvalue weighted by atomic mass is 10.0. The van der Waals surface area contributed by atoms with Crippen LogP contribution in [0.25, 0.3) is 22.3 Å². The topological polar surface area (TPSA) is 100 Å². The largest absolute Gasteiger partial charge is 0.508 e. The first-order valence-electron chi connectivity index (χ1n) is 8.33. The molecule has 140 valence electrons. The molecule has 0 atom stereocenters. The van der Waals surface area contributed by atoms with Crippen molar-refractivity contribution in [2.24, 2.45) is 0 Å². The number of carbonyl (C=O) groups excluding carboxylic acids is 1. The first-order valence-corrected chi connectivity index (χ1v) is 8.33. The smallest absolute Gasteiger partial charge is 0.154 e. The van der Waals surface area contributed by atoms with E-state index in [4.69, 9.17) is 9.15 Å². The van der Waals surface area contributed by atoms with E-state index in [0.717, 1.165) is 11.6 Å². The molecule has 0 aliphatic carbocycles. The number of phenolic OH excluding ortho intramolecular Hbond substituents is 3. The van der Waals surface area contributed by atoms with Crippen LogP contribution in [0.1, 0.15) is 29.8 Å². The van der Waals surface area contributed by atoms with E-state index in [0.29, 0.717) is 24.0 Å². The van der Waals surface area contributed by atoms with E-state index >= 15 is 0 Å². The molecular formula is C21H20O6. The lowest BCUT2D eigenvalue weighted by molar-refractivity contribution is 0.112. The van der Waals surface area contributed by atoms with Crippen LogP contribution in [0, 0.1) is 0 Å². The molecule has 1 heterocycles. The first kappa shape index (κ1) is 18.4. The molecule has 0 radical (unpaired) electrons. The Kier molecular flexibility index (Phi) is 4.81. The fourth-order valence-corrected chi connectivity index (χ4v) is 2.99. The number of methoxy groups -OCH3 is 1. The normalized spacial score (nSPS) is 10.8. The number of furan rings is 1. The Morgan fingerprint density at radius 3 is 2.52 bits per heavy atom. The van der Waals surface area contributed by atoms with E-state index in [1.807, 2.05) is 19.9 Å². The summed E-state index contributed by atoms with van der Waals surface area (Å²) in [6, 6.07) is 5.57. The number of fused-ring (bicyclic) bond motifs is 1. The Bertz CT molecular complexity index is 1050. The molecule has 6 heteroatoms. The van der Waals surface area contributed by atoms with E-state index in [1.165, 1.54) is 19.2 Å². The molecule has 1 aromatic heterocycles. The lowest BCUT2D eigenvalue weighted by Crippen LogP contribution is -1.93. The van der Waals surface area contributed by atoms with Gasteiger partial charge in [-0.1, -0.05) is 11.6 Å². The zero-order valence-electron chi connectivity index (χ0n) is 15.2. The van der Waals surface area contributed by atoms with Gasteiger partial charge < -0.3 is 24.5 Å². The van der Waals surface area contributed by atoms with Gasteiger partial charge >= 0.3 is 0 Å². The number of hydrogen-bond donors (Lipinski definition) is 3. The maximum atomic E-state index is 11.8. The average molecular weight is 368 g/mol. The van der Waals surface area contributed by atoms with Gasteiger partial charge in [-0.3, -0.25) is 4.79 Å². The first-order chi connectivity index (χ1) is 12.9. The molecule has 0 fully saturated rings. The minimum atomic E-state index is -0.242. The number of hydrogen-bond acceptors (Lipinski definition) is 6. The number of phenols is 3. The van der Waals surface area contributed by atoms with Crippen molar-refractivity contribution in [3.63, 3.8) is 0 Å². The molecule has 3 rings (SSSR count). The predicted molar refractivity (Wildman–Crippen MR) is 102 cm³/mol. The molecule has 27 heavy (non-hydrogen) atoms. The third-order valence-electron chi connectivity index (χ3n) is 4.33. The molecule has 0 bridgehead atoms. The molecule has 0 aliphatic heterocycles. The monoisotopic (exact) mass is 368 g/mol. The molecule has 2 aromatic carbocycles. The molecule has 6 nitrogen and oxygen atoms in total. The van der Waals surface area contributed by atoms with Crippen LogP contribution in [0.4, 0.5) is 0 Å². The Hall–Kier alpha value is -3.41. The molecule has 0 spiro atoms. The minimum Gasteiger partial charge on any atom is -0.508 e. The van der Waals surface area contributed by atoms with Gasteiger partial charge in [-0.05, 0) is 32.4 Å². The summed E-state index contributed by atoms with van der Waals surface area (Å²) in [7, 11) is 1.49. The fraction of sp³-hybridized carbons (Fsp3) is 0.190. The van der Waals surface area contributed by atoms with Crippen LogP contribution in [-0.2, 0) is 6.42 Å². The van der Waals surface area contributed by atoms with Crippen molar-refractivity contribution >= 4 is 17.3 Å². The average Bonchev–Trinajstić information content (AvgIpc) is 2.98. The predicted octanol–water partition coefficient (Wildman–Crippen LogP) is 4.55. The van der Waals surface area contributed by atoms with Gasteiger partial charge in [0.05, 0.1) is 23.6 Å². The van der Waals surface area contributed by atoms with Crippen LogP contribution in [0.2, 0.25) is 0 Å². The highest BCUT2D eigenvalue weighted by molar-refractivity contribution is 6.07. The van der Waals surface area contributed by atoms with Crippen molar-refractivity contribution in [3.05, 3.63) is 47.0 Å². The number of carbonyl (C=O) groups is 1. The number of ether oxygens (including phenoxy) is 1. The molecule has 0 saturated carbocycles. The van der Waals surface area contributed by atoms with Crippen LogP contribution < -0.4 is 4.74 Å². The quantitative estimate of drug-likeness (QED) is 0.451. The third kappa shape index (κ3) is 3.21. The number of aldehydes is 1. The maximum absolute atomic E-state index is 11.8. The number of benzene rings is 2. The zero-order valence-corrected chi connectivity index (χ0v) is 15.2. The van der Waals surface area contributed by atoms with Crippen LogP contribution in [-0.4, -0.2) is 28.7 Å². The molecule has 3 aromatic rings. The van der Waals surface area contributed by atoms with Gasteiger partial charge in [-0.25, -0.2) is 0 Å². The van der Waals surface area contributed by atoms with Gasteiger partial charge in [-0.15, -0.1) is 0 Å². The molecule has 0 saturated heterocycles. The van der Waals surface area contributed by atoms with Crippen LogP contribution in [0.5, 0.6) is 23.0 Å². The van der Waals surface area contributed by atoms with Crippen molar-refractivity contribution in [2.75, 3.05) is 7.11 Å². The summed E-state index contributed by atoms with van der Waals surface area (Å²) in [6.07, 6.45) is 2.94. The van der Waals surface area contributed by atoms with E-state index in [-0.39, 0.29) is 45.1 Å². The molecule has 0 unspecified atom stereocenters. The molecular weight excluding hydrogens is 348 g/mol. The Labute approximate surface area is 155 Å². The van der Waals surface area contributed by atoms with Crippen LogP contribution in [0.3, 0.4) is 0 Å². The van der Waals surface area contributed by atoms with Gasteiger partial charge in [0.15, 0.2) is 6.29 Å². The summed E-state index contributed by atoms with van der Waals surface area (Å²) in [5.41, 5.74) is 2.22. The van der Waals surface area contributed by atoms with Crippen molar-refractivity contribution < 1.29 is 29.3 Å². The fourth-order valence-electron chi connectivity index (χ4n) is 2.99. The van der Waals surface area contributed by atoms with Crippen molar-refractivity contribution in [2.45, 2.75) is 20.3 Å². The molecule has 0 amide bonds. The molecule has 3 N–H and O–H groups in total. The summed E-state index contributed by atoms with van der Waals surface area (Å²) in [6.45, 7) is 3.89. The van der Waals surface area contributed by atoms with Gasteiger partial charge in [0.2, 0.25) is 0 Å². The second-order valence-corrected chi connectivity index (χ2v) is 6.43. The minimum absolute atomic E-state index is 0.0998. The number of rotatable bonds is 5. The van der Waals surface area contributed by atoms with Gasteiger partial charge in [-0.2, -0.15) is 0 Å². The number of allylic oxidation sites excluding steroid dienone is 2. The Morgan fingerprint density at radius 1 is 1.19 bits per heavy atom. The second kappa shape index (κ2) is 7.07. The summed E-state index contributed by atoms with van der Waals surface area (Å²) in [5.74, 6) is 0.0820. The lowest BCUT2D eigenvalue weighted by Gasteiger charge is -2.10. The van der Waals surface area contributed by atoms with E-state index in [2.05, 4.69) is 0 Å². The summed E-state index contributed by atoms with van der Waals surface area (Å²) in [5, 5.41) is 30.7. The van der Waals surface area contributed by atoms with Gasteiger partial charge in [0.1, 0.15) is 34.3 Å². The Morgan fingerprint density at radius 2 is 1.93 bits per heavy atom. The van der Waals surface area contributed by atoms with Crippen LogP contribution >= 0.6 is 0 Å². The summed E-state index contributed by atoms with van der Waals surface area (Å²) in [4.78, 5) is 11.8. The summed E-state index contributed by atoms with van der Waals surface area (Å²) >= 11 is 0. The van der Waals surface area contributed by atoms with Crippen LogP contribution in [0.15, 0.2) is 40.3 Å². The third-order valence-corrected chi connectivity index (χ3v) is 4.33. The number of aromatic hydroxyl groups is 3. The van der Waals surface area contributed by atoms with Crippen molar-refractivity contribution in [1.29, 1.82) is 0 Å². The van der Waals surface area contributed by atoms with E-state index in [1.54, 1.807) is 6.07 Å². The van der Waals surface area contributed by atoms with E-state index in [9.17, 15) is 20.1 Å². The van der Waals surface area contributed by atoms with Gasteiger partial charge in [0.25, 0.3) is 0 Å². The van der Waals surface area contributed by atoms with Gasteiger partial charge in [0, 0.05) is 17.7 Å². The van der Waals surface area contributed by atoms with E-state index < -0.39 is 0 Å². The standard InChI is InChI=1S/C21H20O6/c1-11(2)4-6-14-17(26-3)9-18-19(20(14)25)15(10-22)21(27-18)13-7-5-12(23)8-16(13)24/h4-5,7-10,23-25H,6H2,1-3H3.